The first kappa shape index (κ1) is 28.3. The van der Waals surface area contributed by atoms with Gasteiger partial charge in [0.15, 0.2) is 0 Å². The Bertz CT molecular complexity index is 1080. The molecule has 2 atom stereocenters. The number of carbonyl (C=O) groups is 2. The Morgan fingerprint density at radius 3 is 2.20 bits per heavy atom. The third-order valence-corrected chi connectivity index (χ3v) is 7.04. The van der Waals surface area contributed by atoms with Gasteiger partial charge in [-0.2, -0.15) is 0 Å². The first-order valence-corrected chi connectivity index (χ1v) is 13.8. The van der Waals surface area contributed by atoms with E-state index < -0.39 is 21.9 Å². The molecule has 9 heteroatoms. The first-order valence-electron chi connectivity index (χ1n) is 11.9. The van der Waals surface area contributed by atoms with E-state index in [9.17, 15) is 22.4 Å². The van der Waals surface area contributed by atoms with Crippen LogP contribution >= 0.6 is 0 Å². The van der Waals surface area contributed by atoms with Crippen molar-refractivity contribution in [1.29, 1.82) is 0 Å². The summed E-state index contributed by atoms with van der Waals surface area (Å²) in [7, 11) is -3.75. The molecule has 1 N–H and O–H groups in total. The lowest BCUT2D eigenvalue weighted by atomic mass is 10.1. The lowest BCUT2D eigenvalue weighted by Gasteiger charge is -2.32. The molecule has 0 saturated heterocycles. The summed E-state index contributed by atoms with van der Waals surface area (Å²) < 4.78 is 39.9. The fourth-order valence-corrected chi connectivity index (χ4v) is 4.74. The lowest BCUT2D eigenvalue weighted by molar-refractivity contribution is -0.141. The fourth-order valence-electron chi connectivity index (χ4n) is 3.78. The van der Waals surface area contributed by atoms with E-state index in [-0.39, 0.29) is 49.5 Å². The maximum Gasteiger partial charge on any atom is 0.243 e. The molecule has 2 aromatic carbocycles. The molecule has 0 spiro atoms. The summed E-state index contributed by atoms with van der Waals surface area (Å²) in [6, 6.07) is 14.4. The van der Waals surface area contributed by atoms with Crippen LogP contribution in [0.5, 0.6) is 0 Å². The monoisotopic (exact) mass is 505 g/mol. The molecule has 0 saturated carbocycles. The van der Waals surface area contributed by atoms with E-state index >= 15 is 0 Å². The quantitative estimate of drug-likeness (QED) is 0.444. The molecule has 2 aromatic rings. The molecule has 192 valence electrons. The average molecular weight is 506 g/mol. The molecule has 0 aliphatic rings. The summed E-state index contributed by atoms with van der Waals surface area (Å²) in [6.07, 6.45) is 2.41. The van der Waals surface area contributed by atoms with E-state index in [1.54, 1.807) is 11.0 Å². The molecule has 0 unspecified atom stereocenters. The molecule has 2 amide bonds. The van der Waals surface area contributed by atoms with Gasteiger partial charge < -0.3 is 10.2 Å². The van der Waals surface area contributed by atoms with Crippen molar-refractivity contribution >= 4 is 27.5 Å². The van der Waals surface area contributed by atoms with Crippen LogP contribution in [0.25, 0.3) is 0 Å². The van der Waals surface area contributed by atoms with Gasteiger partial charge in [0.2, 0.25) is 21.8 Å². The zero-order valence-corrected chi connectivity index (χ0v) is 21.7. The number of sulfonamides is 1. The van der Waals surface area contributed by atoms with Crippen LogP contribution in [0, 0.1) is 5.82 Å². The zero-order valence-electron chi connectivity index (χ0n) is 20.9. The number of rotatable bonds is 13. The number of benzene rings is 2. The van der Waals surface area contributed by atoms with Gasteiger partial charge in [0, 0.05) is 25.6 Å². The lowest BCUT2D eigenvalue weighted by Crippen LogP contribution is -2.50. The number of nitrogens with one attached hydrogen (secondary N) is 1. The number of halogens is 1. The number of carbonyl (C=O) groups excluding carboxylic acids is 2. The van der Waals surface area contributed by atoms with Crippen molar-refractivity contribution < 1.29 is 22.4 Å². The summed E-state index contributed by atoms with van der Waals surface area (Å²) in [5.74, 6) is -1.13. The third-order valence-electron chi connectivity index (χ3n) is 5.86. The second-order valence-electron chi connectivity index (χ2n) is 8.64. The molecule has 0 aromatic heterocycles. The van der Waals surface area contributed by atoms with Crippen molar-refractivity contribution in [3.8, 4) is 0 Å². The van der Waals surface area contributed by atoms with Crippen LogP contribution in [-0.2, 0) is 26.2 Å². The number of hydrogen-bond donors (Lipinski definition) is 1. The molecule has 7 nitrogen and oxygen atoms in total. The van der Waals surface area contributed by atoms with Crippen LogP contribution in [0.15, 0.2) is 54.6 Å². The summed E-state index contributed by atoms with van der Waals surface area (Å²) in [4.78, 5) is 27.9. The third kappa shape index (κ3) is 8.35. The summed E-state index contributed by atoms with van der Waals surface area (Å²) in [5, 5.41) is 2.96. The molecule has 0 radical (unpaired) electrons. The molecular weight excluding hydrogens is 469 g/mol. The van der Waals surface area contributed by atoms with E-state index in [1.165, 1.54) is 18.2 Å². The molecule has 0 fully saturated rings. The largest absolute Gasteiger partial charge is 0.352 e. The first-order chi connectivity index (χ1) is 16.6. The average Bonchev–Trinajstić information content (AvgIpc) is 2.82. The number of nitrogens with zero attached hydrogens (tertiary/aromatic N) is 2. The van der Waals surface area contributed by atoms with E-state index in [1.807, 2.05) is 51.1 Å². The molecule has 0 aliphatic carbocycles. The van der Waals surface area contributed by atoms with Crippen LogP contribution in [0.4, 0.5) is 10.1 Å². The van der Waals surface area contributed by atoms with Crippen molar-refractivity contribution in [2.24, 2.45) is 0 Å². The van der Waals surface area contributed by atoms with Gasteiger partial charge in [0.25, 0.3) is 0 Å². The van der Waals surface area contributed by atoms with Crippen LogP contribution in [0.3, 0.4) is 0 Å². The van der Waals surface area contributed by atoms with Crippen LogP contribution in [0.2, 0.25) is 0 Å². The van der Waals surface area contributed by atoms with E-state index in [2.05, 4.69) is 5.32 Å². The van der Waals surface area contributed by atoms with Gasteiger partial charge in [0.05, 0.1) is 11.9 Å². The highest BCUT2D eigenvalue weighted by Crippen LogP contribution is 2.22. The molecule has 35 heavy (non-hydrogen) atoms. The Hall–Kier alpha value is -2.94. The number of amides is 2. The second kappa shape index (κ2) is 13.2. The van der Waals surface area contributed by atoms with Crippen LogP contribution < -0.4 is 9.62 Å². The van der Waals surface area contributed by atoms with Gasteiger partial charge in [-0.3, -0.25) is 13.9 Å². The van der Waals surface area contributed by atoms with E-state index in [0.717, 1.165) is 22.5 Å². The minimum Gasteiger partial charge on any atom is -0.352 e. The van der Waals surface area contributed by atoms with Gasteiger partial charge in [-0.15, -0.1) is 0 Å². The molecule has 0 bridgehead atoms. The Morgan fingerprint density at radius 2 is 1.63 bits per heavy atom. The van der Waals surface area contributed by atoms with Crippen molar-refractivity contribution in [3.05, 3.63) is 66.0 Å². The molecule has 0 aliphatic heterocycles. The highest BCUT2D eigenvalue weighted by atomic mass is 32.2. The smallest absolute Gasteiger partial charge is 0.243 e. The second-order valence-corrected chi connectivity index (χ2v) is 10.5. The van der Waals surface area contributed by atoms with E-state index in [4.69, 9.17) is 0 Å². The van der Waals surface area contributed by atoms with Gasteiger partial charge in [0.1, 0.15) is 11.9 Å². The Kier molecular flexibility index (Phi) is 10.7. The summed E-state index contributed by atoms with van der Waals surface area (Å²) >= 11 is 0. The van der Waals surface area contributed by atoms with Crippen molar-refractivity contribution in [2.75, 3.05) is 17.1 Å². The standard InChI is InChI=1S/C26H36FN3O4S/c1-5-20(3)28-26(32)23(6-2)29(19-21-13-8-7-9-14-21)25(31)17-12-18-30(35(4,33)34)24-16-11-10-15-22(24)27/h7-11,13-16,20,23H,5-6,12,17-19H2,1-4H3,(H,28,32)/t20-,23-/m1/s1. The van der Waals surface area contributed by atoms with E-state index in [0.29, 0.717) is 6.42 Å². The van der Waals surface area contributed by atoms with Crippen molar-refractivity contribution in [3.63, 3.8) is 0 Å². The Labute approximate surface area is 208 Å². The molecular formula is C26H36FN3O4S. The molecule has 0 heterocycles. The normalized spacial score (nSPS) is 13.1. The van der Waals surface area contributed by atoms with Gasteiger partial charge in [-0.1, -0.05) is 56.3 Å². The highest BCUT2D eigenvalue weighted by Gasteiger charge is 2.29. The zero-order chi connectivity index (χ0) is 26.0. The number of hydrogen-bond acceptors (Lipinski definition) is 4. The minimum atomic E-state index is -3.75. The van der Waals surface area contributed by atoms with Crippen LogP contribution in [0.1, 0.15) is 52.0 Å². The van der Waals surface area contributed by atoms with Crippen LogP contribution in [-0.4, -0.2) is 50.0 Å². The van der Waals surface area contributed by atoms with Crippen molar-refractivity contribution in [1.82, 2.24) is 10.2 Å². The molecule has 2 rings (SSSR count). The minimum absolute atomic E-state index is 0.0143. The van der Waals surface area contributed by atoms with Gasteiger partial charge in [-0.05, 0) is 43.9 Å². The maximum absolute atomic E-state index is 14.3. The SMILES string of the molecule is CC[C@@H](C)NC(=O)[C@@H](CC)N(Cc1ccccc1)C(=O)CCCN(c1ccccc1F)S(C)(=O)=O. The highest BCUT2D eigenvalue weighted by molar-refractivity contribution is 7.92. The number of para-hydroxylation sites is 1. The fraction of sp³-hybridized carbons (Fsp3) is 0.462. The van der Waals surface area contributed by atoms with Gasteiger partial charge >= 0.3 is 0 Å². The predicted octanol–water partition coefficient (Wildman–Crippen LogP) is 4.09. The van der Waals surface area contributed by atoms with Gasteiger partial charge in [-0.25, -0.2) is 12.8 Å². The topological polar surface area (TPSA) is 86.8 Å². The Balaban J connectivity index is 2.20. The number of anilines is 1. The summed E-state index contributed by atoms with van der Waals surface area (Å²) in [5.41, 5.74) is 0.836. The van der Waals surface area contributed by atoms with Crippen molar-refractivity contribution in [2.45, 2.75) is 65.1 Å². The summed E-state index contributed by atoms with van der Waals surface area (Å²) in [6.45, 7) is 5.95. The Morgan fingerprint density at radius 1 is 1.00 bits per heavy atom. The maximum atomic E-state index is 14.3. The predicted molar refractivity (Wildman–Crippen MR) is 137 cm³/mol.